The van der Waals surface area contributed by atoms with Gasteiger partial charge in [-0.2, -0.15) is 0 Å². The van der Waals surface area contributed by atoms with Gasteiger partial charge in [0.15, 0.2) is 0 Å². The van der Waals surface area contributed by atoms with Gasteiger partial charge in [0.05, 0.1) is 13.0 Å². The SMILES string of the molecule is CCOCCN(C)C(=O)NC(=O)CCC(=O)O. The van der Waals surface area contributed by atoms with Gasteiger partial charge in [0.1, 0.15) is 0 Å². The van der Waals surface area contributed by atoms with E-state index in [0.29, 0.717) is 19.8 Å². The maximum Gasteiger partial charge on any atom is 0.323 e. The molecule has 0 atom stereocenters. The first-order valence-corrected chi connectivity index (χ1v) is 5.31. The molecule has 7 heteroatoms. The Bertz CT molecular complexity index is 280. The van der Waals surface area contributed by atoms with Crippen molar-refractivity contribution in [1.29, 1.82) is 0 Å². The minimum absolute atomic E-state index is 0.208. The van der Waals surface area contributed by atoms with E-state index in [-0.39, 0.29) is 12.8 Å². The quantitative estimate of drug-likeness (QED) is 0.619. The van der Waals surface area contributed by atoms with Gasteiger partial charge >= 0.3 is 12.0 Å². The van der Waals surface area contributed by atoms with Crippen LogP contribution in [0, 0.1) is 0 Å². The van der Waals surface area contributed by atoms with E-state index in [0.717, 1.165) is 0 Å². The Balaban J connectivity index is 3.82. The van der Waals surface area contributed by atoms with Crippen LogP contribution < -0.4 is 5.32 Å². The van der Waals surface area contributed by atoms with Crippen molar-refractivity contribution in [2.75, 3.05) is 26.8 Å². The molecule has 0 saturated carbocycles. The number of likely N-dealkylation sites (N-methyl/N-ethyl adjacent to an activating group) is 1. The van der Waals surface area contributed by atoms with Crippen LogP contribution >= 0.6 is 0 Å². The number of nitrogens with zero attached hydrogens (tertiary/aromatic N) is 1. The molecule has 0 aromatic heterocycles. The van der Waals surface area contributed by atoms with Gasteiger partial charge in [-0.25, -0.2) is 4.79 Å². The molecule has 0 fully saturated rings. The van der Waals surface area contributed by atoms with Gasteiger partial charge in [0.2, 0.25) is 5.91 Å². The second kappa shape index (κ2) is 8.51. The third kappa shape index (κ3) is 8.21. The third-order valence-corrected chi connectivity index (χ3v) is 1.93. The first-order chi connectivity index (χ1) is 7.97. The predicted molar refractivity (Wildman–Crippen MR) is 59.5 cm³/mol. The summed E-state index contributed by atoms with van der Waals surface area (Å²) in [7, 11) is 1.53. The zero-order chi connectivity index (χ0) is 13.3. The zero-order valence-corrected chi connectivity index (χ0v) is 10.1. The summed E-state index contributed by atoms with van der Waals surface area (Å²) in [5.41, 5.74) is 0. The molecule has 7 nitrogen and oxygen atoms in total. The van der Waals surface area contributed by atoms with E-state index in [4.69, 9.17) is 9.84 Å². The number of amides is 3. The third-order valence-electron chi connectivity index (χ3n) is 1.93. The van der Waals surface area contributed by atoms with Crippen molar-refractivity contribution in [1.82, 2.24) is 10.2 Å². The van der Waals surface area contributed by atoms with E-state index in [1.807, 2.05) is 6.92 Å². The number of nitrogens with one attached hydrogen (secondary N) is 1. The summed E-state index contributed by atoms with van der Waals surface area (Å²) in [4.78, 5) is 34.0. The lowest BCUT2D eigenvalue weighted by Crippen LogP contribution is -2.42. The van der Waals surface area contributed by atoms with Gasteiger partial charge in [-0.15, -0.1) is 0 Å². The molecule has 0 radical (unpaired) electrons. The van der Waals surface area contributed by atoms with Crippen molar-refractivity contribution in [2.45, 2.75) is 19.8 Å². The molecule has 0 aromatic carbocycles. The zero-order valence-electron chi connectivity index (χ0n) is 10.1. The van der Waals surface area contributed by atoms with Crippen LogP contribution in [0.3, 0.4) is 0 Å². The molecule has 0 saturated heterocycles. The first-order valence-electron chi connectivity index (χ1n) is 5.31. The van der Waals surface area contributed by atoms with E-state index in [2.05, 4.69) is 5.32 Å². The van der Waals surface area contributed by atoms with Crippen molar-refractivity contribution in [3.63, 3.8) is 0 Å². The Morgan fingerprint density at radius 1 is 1.29 bits per heavy atom. The number of carboxylic acid groups (broad SMARTS) is 1. The van der Waals surface area contributed by atoms with Crippen LogP contribution in [-0.2, 0) is 14.3 Å². The van der Waals surface area contributed by atoms with Crippen molar-refractivity contribution in [3.8, 4) is 0 Å². The molecule has 0 aliphatic rings. The number of imide groups is 1. The molecule has 0 rings (SSSR count). The monoisotopic (exact) mass is 246 g/mol. The van der Waals surface area contributed by atoms with Gasteiger partial charge in [-0.05, 0) is 6.92 Å². The molecule has 0 aliphatic carbocycles. The predicted octanol–water partition coefficient (Wildman–Crippen LogP) is 0.0557. The summed E-state index contributed by atoms with van der Waals surface area (Å²) in [5, 5.41) is 10.4. The van der Waals surface area contributed by atoms with Crippen molar-refractivity contribution >= 4 is 17.9 Å². The summed E-state index contributed by atoms with van der Waals surface area (Å²) in [6.07, 6.45) is -0.498. The molecule has 0 bridgehead atoms. The highest BCUT2D eigenvalue weighted by atomic mass is 16.5. The molecule has 0 heterocycles. The fraction of sp³-hybridized carbons (Fsp3) is 0.700. The highest BCUT2D eigenvalue weighted by Gasteiger charge is 2.12. The molecule has 98 valence electrons. The van der Waals surface area contributed by atoms with Gasteiger partial charge in [0.25, 0.3) is 0 Å². The molecule has 3 amide bonds. The van der Waals surface area contributed by atoms with Crippen LogP contribution in [0.25, 0.3) is 0 Å². The molecule has 2 N–H and O–H groups in total. The number of hydrogen-bond donors (Lipinski definition) is 2. The second-order valence-corrected chi connectivity index (χ2v) is 3.37. The summed E-state index contributed by atoms with van der Waals surface area (Å²) in [6.45, 7) is 3.16. The van der Waals surface area contributed by atoms with E-state index < -0.39 is 17.9 Å². The molecule has 0 aromatic rings. The molecular formula is C10H18N2O5. The van der Waals surface area contributed by atoms with Gasteiger partial charge < -0.3 is 14.7 Å². The fourth-order valence-corrected chi connectivity index (χ4v) is 0.945. The van der Waals surface area contributed by atoms with E-state index >= 15 is 0 Å². The average molecular weight is 246 g/mol. The number of urea groups is 1. The van der Waals surface area contributed by atoms with Crippen LogP contribution in [0.2, 0.25) is 0 Å². The van der Waals surface area contributed by atoms with Crippen LogP contribution in [0.5, 0.6) is 0 Å². The van der Waals surface area contributed by atoms with Crippen LogP contribution in [0.15, 0.2) is 0 Å². The number of carbonyl (C=O) groups is 3. The van der Waals surface area contributed by atoms with Crippen molar-refractivity contribution in [2.24, 2.45) is 0 Å². The van der Waals surface area contributed by atoms with E-state index in [1.54, 1.807) is 0 Å². The highest BCUT2D eigenvalue weighted by molar-refractivity contribution is 5.95. The standard InChI is InChI=1S/C10H18N2O5/c1-3-17-7-6-12(2)10(16)11-8(13)4-5-9(14)15/h3-7H2,1-2H3,(H,14,15)(H,11,13,16). The molecule has 17 heavy (non-hydrogen) atoms. The van der Waals surface area contributed by atoms with Crippen molar-refractivity contribution in [3.05, 3.63) is 0 Å². The van der Waals surface area contributed by atoms with Gasteiger partial charge in [0, 0.05) is 26.6 Å². The van der Waals surface area contributed by atoms with E-state index in [1.165, 1.54) is 11.9 Å². The Hall–Kier alpha value is -1.63. The van der Waals surface area contributed by atoms with Crippen LogP contribution in [0.4, 0.5) is 4.79 Å². The Morgan fingerprint density at radius 3 is 2.47 bits per heavy atom. The lowest BCUT2D eigenvalue weighted by Gasteiger charge is -2.16. The molecule has 0 aliphatic heterocycles. The minimum Gasteiger partial charge on any atom is -0.481 e. The number of carboxylic acids is 1. The Labute approximate surface area is 99.7 Å². The number of carbonyl (C=O) groups excluding carboxylic acids is 2. The smallest absolute Gasteiger partial charge is 0.323 e. The Morgan fingerprint density at radius 2 is 1.94 bits per heavy atom. The lowest BCUT2D eigenvalue weighted by atomic mass is 10.3. The lowest BCUT2D eigenvalue weighted by molar-refractivity contribution is -0.138. The maximum atomic E-state index is 11.4. The number of rotatable bonds is 7. The summed E-state index contributed by atoms with van der Waals surface area (Å²) < 4.78 is 5.05. The number of ether oxygens (including phenoxy) is 1. The molecule has 0 spiro atoms. The summed E-state index contributed by atoms with van der Waals surface area (Å²) in [6, 6.07) is -0.555. The normalized spacial score (nSPS) is 9.76. The van der Waals surface area contributed by atoms with Gasteiger partial charge in [-0.3, -0.25) is 14.9 Å². The minimum atomic E-state index is -1.07. The van der Waals surface area contributed by atoms with Crippen LogP contribution in [0.1, 0.15) is 19.8 Å². The maximum absolute atomic E-state index is 11.4. The van der Waals surface area contributed by atoms with Gasteiger partial charge in [-0.1, -0.05) is 0 Å². The average Bonchev–Trinajstić information content (AvgIpc) is 2.26. The number of aliphatic carboxylic acids is 1. The summed E-state index contributed by atoms with van der Waals surface area (Å²) in [5.74, 6) is -1.67. The highest BCUT2D eigenvalue weighted by Crippen LogP contribution is 1.91. The topological polar surface area (TPSA) is 95.9 Å². The summed E-state index contributed by atoms with van der Waals surface area (Å²) >= 11 is 0. The largest absolute Gasteiger partial charge is 0.481 e. The van der Waals surface area contributed by atoms with Crippen LogP contribution in [-0.4, -0.2) is 54.7 Å². The Kier molecular flexibility index (Phi) is 7.70. The molecular weight excluding hydrogens is 228 g/mol. The van der Waals surface area contributed by atoms with Crippen molar-refractivity contribution < 1.29 is 24.2 Å². The molecule has 0 unspecified atom stereocenters. The van der Waals surface area contributed by atoms with E-state index in [9.17, 15) is 14.4 Å². The fourth-order valence-electron chi connectivity index (χ4n) is 0.945. The second-order valence-electron chi connectivity index (χ2n) is 3.37. The number of hydrogen-bond acceptors (Lipinski definition) is 4. The first kappa shape index (κ1) is 15.4.